The van der Waals surface area contributed by atoms with Gasteiger partial charge in [-0.3, -0.25) is 0 Å². The molecule has 0 saturated carbocycles. The van der Waals surface area contributed by atoms with Crippen molar-refractivity contribution in [3.63, 3.8) is 0 Å². The fraction of sp³-hybridized carbons (Fsp3) is 0.364. The lowest BCUT2D eigenvalue weighted by Gasteiger charge is -2.12. The first-order chi connectivity index (χ1) is 6.20. The molecule has 0 bridgehead atoms. The van der Waals surface area contributed by atoms with Crippen LogP contribution >= 0.6 is 0 Å². The van der Waals surface area contributed by atoms with E-state index in [1.165, 1.54) is 0 Å². The molecular formula is C11H13NO. The molecule has 0 aliphatic rings. The van der Waals surface area contributed by atoms with E-state index in [-0.39, 0.29) is 12.5 Å². The monoisotopic (exact) mass is 175 g/mol. The van der Waals surface area contributed by atoms with Gasteiger partial charge in [-0.15, -0.1) is 0 Å². The van der Waals surface area contributed by atoms with Crippen LogP contribution in [0.4, 0.5) is 0 Å². The second-order valence-corrected chi connectivity index (χ2v) is 3.22. The van der Waals surface area contributed by atoms with Crippen LogP contribution in [0.25, 0.3) is 0 Å². The van der Waals surface area contributed by atoms with E-state index in [1.807, 2.05) is 26.0 Å². The van der Waals surface area contributed by atoms with Crippen molar-refractivity contribution < 1.29 is 5.11 Å². The van der Waals surface area contributed by atoms with Crippen LogP contribution in [0.3, 0.4) is 0 Å². The molecule has 68 valence electrons. The number of hydrogen-bond acceptors (Lipinski definition) is 2. The summed E-state index contributed by atoms with van der Waals surface area (Å²) in [5.74, 6) is 0.105. The molecule has 1 atom stereocenters. The van der Waals surface area contributed by atoms with Gasteiger partial charge in [0.25, 0.3) is 0 Å². The van der Waals surface area contributed by atoms with Gasteiger partial charge in [-0.1, -0.05) is 19.1 Å². The van der Waals surface area contributed by atoms with Crippen molar-refractivity contribution in [2.75, 3.05) is 6.61 Å². The molecule has 0 spiro atoms. The molecule has 13 heavy (non-hydrogen) atoms. The topological polar surface area (TPSA) is 44.0 Å². The summed E-state index contributed by atoms with van der Waals surface area (Å²) in [5, 5.41) is 17.8. The Hall–Kier alpha value is -1.33. The lowest BCUT2D eigenvalue weighted by atomic mass is 9.94. The summed E-state index contributed by atoms with van der Waals surface area (Å²) in [4.78, 5) is 0. The van der Waals surface area contributed by atoms with E-state index in [9.17, 15) is 0 Å². The third-order valence-electron chi connectivity index (χ3n) is 2.30. The van der Waals surface area contributed by atoms with E-state index in [0.717, 1.165) is 11.1 Å². The summed E-state index contributed by atoms with van der Waals surface area (Å²) in [6, 6.07) is 7.74. The average molecular weight is 175 g/mol. The highest BCUT2D eigenvalue weighted by atomic mass is 16.3. The first kappa shape index (κ1) is 9.76. The van der Waals surface area contributed by atoms with Gasteiger partial charge in [-0.2, -0.15) is 5.26 Å². The van der Waals surface area contributed by atoms with Crippen molar-refractivity contribution in [3.8, 4) is 6.07 Å². The second kappa shape index (κ2) is 4.06. The third-order valence-corrected chi connectivity index (χ3v) is 2.30. The number of nitriles is 1. The quantitative estimate of drug-likeness (QED) is 0.746. The van der Waals surface area contributed by atoms with E-state index >= 15 is 0 Å². The first-order valence-corrected chi connectivity index (χ1v) is 4.31. The fourth-order valence-electron chi connectivity index (χ4n) is 1.41. The zero-order valence-corrected chi connectivity index (χ0v) is 7.91. The van der Waals surface area contributed by atoms with Crippen molar-refractivity contribution in [1.29, 1.82) is 5.26 Å². The normalized spacial score (nSPS) is 12.2. The van der Waals surface area contributed by atoms with Crippen molar-refractivity contribution in [1.82, 2.24) is 0 Å². The van der Waals surface area contributed by atoms with E-state index in [0.29, 0.717) is 5.56 Å². The molecule has 1 aromatic rings. The van der Waals surface area contributed by atoms with Gasteiger partial charge >= 0.3 is 0 Å². The summed E-state index contributed by atoms with van der Waals surface area (Å²) < 4.78 is 0. The fourth-order valence-corrected chi connectivity index (χ4v) is 1.41. The molecule has 0 saturated heterocycles. The van der Waals surface area contributed by atoms with Gasteiger partial charge < -0.3 is 5.11 Å². The van der Waals surface area contributed by atoms with Gasteiger partial charge in [0.1, 0.15) is 0 Å². The van der Waals surface area contributed by atoms with Crippen LogP contribution in [-0.4, -0.2) is 11.7 Å². The Kier molecular flexibility index (Phi) is 3.05. The zero-order valence-electron chi connectivity index (χ0n) is 7.91. The Labute approximate surface area is 78.4 Å². The first-order valence-electron chi connectivity index (χ1n) is 4.31. The standard InChI is InChI=1S/C11H13NO/c1-8(7-13)11-5-3-4-10(6-12)9(11)2/h3-5,8,13H,7H2,1-2H3. The molecular weight excluding hydrogens is 162 g/mol. The number of hydrogen-bond donors (Lipinski definition) is 1. The van der Waals surface area contributed by atoms with E-state index < -0.39 is 0 Å². The van der Waals surface area contributed by atoms with Crippen molar-refractivity contribution >= 4 is 0 Å². The Balaban J connectivity index is 3.17. The minimum absolute atomic E-state index is 0.105. The molecule has 0 radical (unpaired) electrons. The van der Waals surface area contributed by atoms with Crippen LogP contribution in [0.2, 0.25) is 0 Å². The molecule has 2 nitrogen and oxygen atoms in total. The van der Waals surface area contributed by atoms with Gasteiger partial charge in [0.05, 0.1) is 11.6 Å². The summed E-state index contributed by atoms with van der Waals surface area (Å²) in [7, 11) is 0. The Morgan fingerprint density at radius 2 is 2.23 bits per heavy atom. The molecule has 1 N–H and O–H groups in total. The van der Waals surface area contributed by atoms with Crippen LogP contribution in [0, 0.1) is 18.3 Å². The van der Waals surface area contributed by atoms with Gasteiger partial charge in [0.2, 0.25) is 0 Å². The number of rotatable bonds is 2. The highest BCUT2D eigenvalue weighted by molar-refractivity contribution is 5.43. The molecule has 2 heteroatoms. The van der Waals surface area contributed by atoms with Crippen molar-refractivity contribution in [2.24, 2.45) is 0 Å². The predicted molar refractivity (Wildman–Crippen MR) is 51.4 cm³/mol. The molecule has 0 aromatic heterocycles. The number of benzene rings is 1. The maximum atomic E-state index is 8.99. The SMILES string of the molecule is Cc1c(C#N)cccc1C(C)CO. The zero-order chi connectivity index (χ0) is 9.84. The Morgan fingerprint density at radius 3 is 2.77 bits per heavy atom. The number of nitrogens with zero attached hydrogens (tertiary/aromatic N) is 1. The van der Waals surface area contributed by atoms with Crippen molar-refractivity contribution in [3.05, 3.63) is 34.9 Å². The van der Waals surface area contributed by atoms with Gasteiger partial charge in [-0.05, 0) is 24.1 Å². The lowest BCUT2D eigenvalue weighted by molar-refractivity contribution is 0.272. The van der Waals surface area contributed by atoms with Crippen LogP contribution in [-0.2, 0) is 0 Å². The number of aliphatic hydroxyl groups excluding tert-OH is 1. The lowest BCUT2D eigenvalue weighted by Crippen LogP contribution is -2.02. The molecule has 1 unspecified atom stereocenters. The van der Waals surface area contributed by atoms with E-state index in [2.05, 4.69) is 6.07 Å². The summed E-state index contributed by atoms with van der Waals surface area (Å²) >= 11 is 0. The maximum absolute atomic E-state index is 8.99. The minimum atomic E-state index is 0.105. The van der Waals surface area contributed by atoms with Gasteiger partial charge in [0, 0.05) is 12.5 Å². The third kappa shape index (κ3) is 1.88. The predicted octanol–water partition coefficient (Wildman–Crippen LogP) is 1.96. The summed E-state index contributed by atoms with van der Waals surface area (Å²) in [6.07, 6.45) is 0. The Morgan fingerprint density at radius 1 is 1.54 bits per heavy atom. The van der Waals surface area contributed by atoms with E-state index in [4.69, 9.17) is 10.4 Å². The van der Waals surface area contributed by atoms with Crippen LogP contribution in [0.15, 0.2) is 18.2 Å². The smallest absolute Gasteiger partial charge is 0.0994 e. The van der Waals surface area contributed by atoms with Crippen LogP contribution < -0.4 is 0 Å². The molecule has 0 aliphatic heterocycles. The van der Waals surface area contributed by atoms with E-state index in [1.54, 1.807) is 6.07 Å². The second-order valence-electron chi connectivity index (χ2n) is 3.22. The summed E-state index contributed by atoms with van der Waals surface area (Å²) in [6.45, 7) is 3.99. The average Bonchev–Trinajstić information content (AvgIpc) is 2.17. The molecule has 0 heterocycles. The minimum Gasteiger partial charge on any atom is -0.396 e. The molecule has 1 rings (SSSR count). The molecule has 0 aliphatic carbocycles. The molecule has 0 amide bonds. The van der Waals surface area contributed by atoms with Crippen LogP contribution in [0.1, 0.15) is 29.5 Å². The van der Waals surface area contributed by atoms with Gasteiger partial charge in [-0.25, -0.2) is 0 Å². The summed E-state index contributed by atoms with van der Waals surface area (Å²) in [5.41, 5.74) is 2.73. The highest BCUT2D eigenvalue weighted by Gasteiger charge is 2.09. The molecule has 0 fully saturated rings. The number of aliphatic hydroxyl groups is 1. The van der Waals surface area contributed by atoms with Gasteiger partial charge in [0.15, 0.2) is 0 Å². The largest absolute Gasteiger partial charge is 0.396 e. The Bertz CT molecular complexity index is 338. The maximum Gasteiger partial charge on any atom is 0.0994 e. The molecule has 1 aromatic carbocycles. The van der Waals surface area contributed by atoms with Crippen LogP contribution in [0.5, 0.6) is 0 Å². The highest BCUT2D eigenvalue weighted by Crippen LogP contribution is 2.21. The van der Waals surface area contributed by atoms with Crippen molar-refractivity contribution in [2.45, 2.75) is 19.8 Å².